The van der Waals surface area contributed by atoms with E-state index in [4.69, 9.17) is 4.74 Å². The summed E-state index contributed by atoms with van der Waals surface area (Å²) in [4.78, 5) is 11.7. The van der Waals surface area contributed by atoms with Gasteiger partial charge in [0, 0.05) is 0 Å². The van der Waals surface area contributed by atoms with Crippen LogP contribution in [0, 0.1) is 5.92 Å². The normalized spacial score (nSPS) is 13.3. The molecule has 0 heterocycles. The van der Waals surface area contributed by atoms with E-state index in [1.807, 2.05) is 36.4 Å². The largest absolute Gasteiger partial charge is 0.465 e. The van der Waals surface area contributed by atoms with Crippen molar-refractivity contribution in [1.82, 2.24) is 0 Å². The summed E-state index contributed by atoms with van der Waals surface area (Å²) >= 11 is 0. The number of hydrogen-bond donors (Lipinski definition) is 0. The lowest BCUT2D eigenvalue weighted by molar-refractivity contribution is -0.133. The second-order valence-electron chi connectivity index (χ2n) is 3.82. The fourth-order valence-corrected chi connectivity index (χ4v) is 1.41. The van der Waals surface area contributed by atoms with Gasteiger partial charge < -0.3 is 4.74 Å². The Balaban J connectivity index is 3.06. The first-order chi connectivity index (χ1) is 7.69. The highest BCUT2D eigenvalue weighted by Crippen LogP contribution is 2.19. The van der Waals surface area contributed by atoms with E-state index in [2.05, 4.69) is 13.8 Å². The molecule has 1 rings (SSSR count). The molecule has 0 amide bonds. The van der Waals surface area contributed by atoms with Crippen LogP contribution in [0.4, 0.5) is 0 Å². The monoisotopic (exact) mass is 218 g/mol. The van der Waals surface area contributed by atoms with E-state index in [1.165, 1.54) is 7.11 Å². The number of allylic oxidation sites excluding steroid dienone is 1. The third kappa shape index (κ3) is 3.23. The molecule has 0 aliphatic rings. The van der Waals surface area contributed by atoms with Crippen LogP contribution in [0.25, 0.3) is 5.57 Å². The standard InChI is InChI=1S/C14H18O2/c1-4-11(2)10-13(14(15)16-3)12-8-6-5-7-9-12/h5-11H,4H2,1-3H3/b13-10-. The average Bonchev–Trinajstić information content (AvgIpc) is 2.35. The first-order valence-corrected chi connectivity index (χ1v) is 5.54. The number of benzene rings is 1. The van der Waals surface area contributed by atoms with E-state index in [1.54, 1.807) is 0 Å². The maximum atomic E-state index is 11.7. The number of esters is 1. The van der Waals surface area contributed by atoms with E-state index in [-0.39, 0.29) is 5.97 Å². The molecule has 0 fully saturated rings. The number of rotatable bonds is 4. The SMILES string of the molecule is CCC(C)/C=C(\C(=O)OC)c1ccccc1. The first-order valence-electron chi connectivity index (χ1n) is 5.54. The van der Waals surface area contributed by atoms with Crippen LogP contribution in [-0.2, 0) is 9.53 Å². The van der Waals surface area contributed by atoms with Gasteiger partial charge in [0.25, 0.3) is 0 Å². The molecule has 0 radical (unpaired) electrons. The Labute approximate surface area is 96.9 Å². The van der Waals surface area contributed by atoms with Gasteiger partial charge in [-0.25, -0.2) is 4.79 Å². The van der Waals surface area contributed by atoms with Crippen LogP contribution in [-0.4, -0.2) is 13.1 Å². The number of carbonyl (C=O) groups excluding carboxylic acids is 1. The zero-order valence-corrected chi connectivity index (χ0v) is 10.1. The van der Waals surface area contributed by atoms with Gasteiger partial charge in [0.15, 0.2) is 0 Å². The summed E-state index contributed by atoms with van der Waals surface area (Å²) in [5.74, 6) is 0.0980. The number of ether oxygens (including phenoxy) is 1. The Bertz CT molecular complexity index is 366. The van der Waals surface area contributed by atoms with E-state index in [0.717, 1.165) is 12.0 Å². The third-order valence-corrected chi connectivity index (χ3v) is 2.59. The van der Waals surface area contributed by atoms with Crippen molar-refractivity contribution in [2.45, 2.75) is 20.3 Å². The van der Waals surface area contributed by atoms with Crippen LogP contribution in [0.3, 0.4) is 0 Å². The molecule has 0 saturated heterocycles. The lowest BCUT2D eigenvalue weighted by Crippen LogP contribution is -2.05. The van der Waals surface area contributed by atoms with Crippen molar-refractivity contribution in [2.75, 3.05) is 7.11 Å². The van der Waals surface area contributed by atoms with Crippen LogP contribution >= 0.6 is 0 Å². The molecule has 0 aliphatic carbocycles. The van der Waals surface area contributed by atoms with Crippen molar-refractivity contribution in [2.24, 2.45) is 5.92 Å². The van der Waals surface area contributed by atoms with Crippen LogP contribution in [0.1, 0.15) is 25.8 Å². The van der Waals surface area contributed by atoms with Crippen molar-refractivity contribution in [3.63, 3.8) is 0 Å². The number of hydrogen-bond acceptors (Lipinski definition) is 2. The number of methoxy groups -OCH3 is 1. The first kappa shape index (κ1) is 12.5. The summed E-state index contributed by atoms with van der Waals surface area (Å²) in [5.41, 5.74) is 1.56. The fourth-order valence-electron chi connectivity index (χ4n) is 1.41. The maximum absolute atomic E-state index is 11.7. The highest BCUT2D eigenvalue weighted by Gasteiger charge is 2.12. The molecule has 2 heteroatoms. The molecule has 86 valence electrons. The zero-order valence-electron chi connectivity index (χ0n) is 10.1. The molecule has 0 spiro atoms. The van der Waals surface area contributed by atoms with E-state index in [9.17, 15) is 4.79 Å². The molecule has 16 heavy (non-hydrogen) atoms. The smallest absolute Gasteiger partial charge is 0.338 e. The summed E-state index contributed by atoms with van der Waals surface area (Å²) in [6.45, 7) is 4.19. The number of carbonyl (C=O) groups is 1. The molecule has 1 atom stereocenters. The summed E-state index contributed by atoms with van der Waals surface area (Å²) in [6, 6.07) is 9.61. The third-order valence-electron chi connectivity index (χ3n) is 2.59. The van der Waals surface area contributed by atoms with E-state index in [0.29, 0.717) is 11.5 Å². The van der Waals surface area contributed by atoms with E-state index < -0.39 is 0 Å². The minimum Gasteiger partial charge on any atom is -0.465 e. The highest BCUT2D eigenvalue weighted by molar-refractivity contribution is 6.16. The summed E-state index contributed by atoms with van der Waals surface area (Å²) in [7, 11) is 1.41. The van der Waals surface area contributed by atoms with Gasteiger partial charge in [0.1, 0.15) is 0 Å². The summed E-state index contributed by atoms with van der Waals surface area (Å²) in [6.07, 6.45) is 2.98. The zero-order chi connectivity index (χ0) is 12.0. The van der Waals surface area contributed by atoms with E-state index >= 15 is 0 Å². The predicted molar refractivity (Wildman–Crippen MR) is 65.9 cm³/mol. The van der Waals surface area contributed by atoms with Crippen LogP contribution in [0.2, 0.25) is 0 Å². The van der Waals surface area contributed by atoms with Gasteiger partial charge in [-0.2, -0.15) is 0 Å². The van der Waals surface area contributed by atoms with Gasteiger partial charge in [0.2, 0.25) is 0 Å². The minimum absolute atomic E-state index is 0.272. The van der Waals surface area contributed by atoms with Gasteiger partial charge in [0.05, 0.1) is 12.7 Å². The van der Waals surface area contributed by atoms with Crippen LogP contribution < -0.4 is 0 Å². The lowest BCUT2D eigenvalue weighted by Gasteiger charge is -2.08. The minimum atomic E-state index is -0.272. The van der Waals surface area contributed by atoms with Gasteiger partial charge in [-0.15, -0.1) is 0 Å². The summed E-state index contributed by atoms with van der Waals surface area (Å²) in [5, 5.41) is 0. The molecular formula is C14H18O2. The average molecular weight is 218 g/mol. The van der Waals surface area contributed by atoms with Crippen molar-refractivity contribution in [1.29, 1.82) is 0 Å². The van der Waals surface area contributed by atoms with Crippen molar-refractivity contribution >= 4 is 11.5 Å². The quantitative estimate of drug-likeness (QED) is 0.572. The van der Waals surface area contributed by atoms with Crippen molar-refractivity contribution < 1.29 is 9.53 Å². The lowest BCUT2D eigenvalue weighted by atomic mass is 9.99. The molecule has 2 nitrogen and oxygen atoms in total. The second kappa shape index (κ2) is 6.11. The van der Waals surface area contributed by atoms with Gasteiger partial charge in [-0.1, -0.05) is 56.7 Å². The van der Waals surface area contributed by atoms with Gasteiger partial charge in [-0.05, 0) is 11.5 Å². The molecule has 0 saturated carbocycles. The van der Waals surface area contributed by atoms with Gasteiger partial charge >= 0.3 is 5.97 Å². The fraction of sp³-hybridized carbons (Fsp3) is 0.357. The molecule has 0 N–H and O–H groups in total. The van der Waals surface area contributed by atoms with Gasteiger partial charge in [-0.3, -0.25) is 0 Å². The topological polar surface area (TPSA) is 26.3 Å². The molecule has 1 aromatic rings. The molecule has 0 aromatic heterocycles. The Hall–Kier alpha value is -1.57. The predicted octanol–water partition coefficient (Wildman–Crippen LogP) is 3.29. The maximum Gasteiger partial charge on any atom is 0.338 e. The molecule has 0 bridgehead atoms. The highest BCUT2D eigenvalue weighted by atomic mass is 16.5. The van der Waals surface area contributed by atoms with Crippen LogP contribution in [0.15, 0.2) is 36.4 Å². The Kier molecular flexibility index (Phi) is 4.77. The molecule has 1 unspecified atom stereocenters. The Morgan fingerprint density at radius 1 is 1.38 bits per heavy atom. The second-order valence-corrected chi connectivity index (χ2v) is 3.82. The van der Waals surface area contributed by atoms with Crippen molar-refractivity contribution in [3.8, 4) is 0 Å². The molecule has 0 aliphatic heterocycles. The summed E-state index contributed by atoms with van der Waals surface area (Å²) < 4.78 is 4.80. The molecule has 1 aromatic carbocycles. The van der Waals surface area contributed by atoms with Crippen molar-refractivity contribution in [3.05, 3.63) is 42.0 Å². The molecular weight excluding hydrogens is 200 g/mol. The Morgan fingerprint density at radius 3 is 2.50 bits per heavy atom. The Morgan fingerprint density at radius 2 is 2.00 bits per heavy atom. The van der Waals surface area contributed by atoms with Crippen LogP contribution in [0.5, 0.6) is 0 Å².